The van der Waals surface area contributed by atoms with Crippen LogP contribution in [-0.2, 0) is 11.2 Å². The number of amides is 1. The molecule has 3 rings (SSSR count). The lowest BCUT2D eigenvalue weighted by Crippen LogP contribution is -2.51. The van der Waals surface area contributed by atoms with Crippen molar-refractivity contribution >= 4 is 5.91 Å². The first-order valence-corrected chi connectivity index (χ1v) is 6.50. The van der Waals surface area contributed by atoms with E-state index in [1.165, 1.54) is 0 Å². The molecule has 1 amide bonds. The van der Waals surface area contributed by atoms with Crippen molar-refractivity contribution in [3.63, 3.8) is 0 Å². The third-order valence-corrected chi connectivity index (χ3v) is 3.60. The minimum absolute atomic E-state index is 0.131. The molecule has 1 fully saturated rings. The van der Waals surface area contributed by atoms with Gasteiger partial charge in [0.25, 0.3) is 0 Å². The molecule has 5 nitrogen and oxygen atoms in total. The Morgan fingerprint density at radius 3 is 2.70 bits per heavy atom. The van der Waals surface area contributed by atoms with Crippen LogP contribution >= 0.6 is 0 Å². The Morgan fingerprint density at radius 2 is 2.10 bits per heavy atom. The highest BCUT2D eigenvalue weighted by molar-refractivity contribution is 5.79. The lowest BCUT2D eigenvalue weighted by Gasteiger charge is -2.39. The average Bonchev–Trinajstić information content (AvgIpc) is 2.91. The molecule has 1 aromatic heterocycles. The first-order chi connectivity index (χ1) is 9.76. The number of rotatable bonds is 3. The number of aromatic nitrogens is 2. The molecule has 1 aliphatic heterocycles. The van der Waals surface area contributed by atoms with E-state index in [4.69, 9.17) is 5.26 Å². The van der Waals surface area contributed by atoms with Gasteiger partial charge >= 0.3 is 0 Å². The van der Waals surface area contributed by atoms with Crippen LogP contribution in [0.25, 0.3) is 0 Å². The predicted molar refractivity (Wildman–Crippen MR) is 72.7 cm³/mol. The Morgan fingerprint density at radius 1 is 1.35 bits per heavy atom. The molecule has 0 bridgehead atoms. The fourth-order valence-corrected chi connectivity index (χ4v) is 2.32. The van der Waals surface area contributed by atoms with Crippen LogP contribution in [-0.4, -0.2) is 33.4 Å². The van der Waals surface area contributed by atoms with Gasteiger partial charge in [-0.05, 0) is 17.7 Å². The molecule has 2 aromatic rings. The van der Waals surface area contributed by atoms with Crippen LogP contribution in [0.4, 0.5) is 0 Å². The minimum atomic E-state index is 0.131. The second-order valence-corrected chi connectivity index (χ2v) is 4.95. The van der Waals surface area contributed by atoms with Gasteiger partial charge in [0.05, 0.1) is 30.4 Å². The van der Waals surface area contributed by atoms with Gasteiger partial charge in [0.2, 0.25) is 5.91 Å². The van der Waals surface area contributed by atoms with Gasteiger partial charge in [-0.25, -0.2) is 4.98 Å². The zero-order chi connectivity index (χ0) is 13.9. The Bertz CT molecular complexity index is 634. The third kappa shape index (κ3) is 2.41. The van der Waals surface area contributed by atoms with E-state index >= 15 is 0 Å². The number of imidazole rings is 1. The van der Waals surface area contributed by atoms with Crippen LogP contribution in [0.15, 0.2) is 43.0 Å². The summed E-state index contributed by atoms with van der Waals surface area (Å²) in [6.45, 7) is 1.48. The number of hydrogen-bond acceptors (Lipinski definition) is 3. The maximum atomic E-state index is 12.1. The number of carbonyl (C=O) groups is 1. The van der Waals surface area contributed by atoms with Crippen molar-refractivity contribution in [2.45, 2.75) is 12.5 Å². The topological polar surface area (TPSA) is 61.9 Å². The van der Waals surface area contributed by atoms with Crippen molar-refractivity contribution in [2.24, 2.45) is 0 Å². The number of benzene rings is 1. The molecule has 1 aromatic carbocycles. The Labute approximate surface area is 117 Å². The van der Waals surface area contributed by atoms with E-state index in [2.05, 4.69) is 11.1 Å². The van der Waals surface area contributed by atoms with Crippen molar-refractivity contribution in [2.75, 3.05) is 13.1 Å². The van der Waals surface area contributed by atoms with Gasteiger partial charge in [-0.3, -0.25) is 4.79 Å². The van der Waals surface area contributed by atoms with E-state index in [9.17, 15) is 4.79 Å². The minimum Gasteiger partial charge on any atom is -0.338 e. The van der Waals surface area contributed by atoms with Crippen molar-refractivity contribution in [3.05, 3.63) is 54.1 Å². The molecule has 2 heterocycles. The molecular formula is C15H14N4O. The van der Waals surface area contributed by atoms with Crippen molar-refractivity contribution in [1.29, 1.82) is 5.26 Å². The molecule has 0 N–H and O–H groups in total. The molecule has 0 atom stereocenters. The summed E-state index contributed by atoms with van der Waals surface area (Å²) < 4.78 is 2.03. The lowest BCUT2D eigenvalue weighted by molar-refractivity contribution is -0.136. The zero-order valence-corrected chi connectivity index (χ0v) is 10.9. The van der Waals surface area contributed by atoms with E-state index in [1.807, 2.05) is 27.8 Å². The quantitative estimate of drug-likeness (QED) is 0.843. The molecule has 0 spiro atoms. The summed E-state index contributed by atoms with van der Waals surface area (Å²) in [5, 5.41) is 8.73. The summed E-state index contributed by atoms with van der Waals surface area (Å²) in [5.74, 6) is 0.131. The van der Waals surface area contributed by atoms with E-state index in [0.29, 0.717) is 18.0 Å². The summed E-state index contributed by atoms with van der Waals surface area (Å²) in [6.07, 6.45) is 5.85. The normalized spacial score (nSPS) is 14.7. The molecule has 5 heteroatoms. The Hall–Kier alpha value is -2.61. The monoisotopic (exact) mass is 266 g/mol. The average molecular weight is 266 g/mol. The number of nitriles is 1. The van der Waals surface area contributed by atoms with E-state index in [1.54, 1.807) is 24.7 Å². The van der Waals surface area contributed by atoms with Crippen LogP contribution in [0, 0.1) is 11.3 Å². The van der Waals surface area contributed by atoms with Gasteiger partial charge in [0, 0.05) is 25.5 Å². The fraction of sp³-hybridized carbons (Fsp3) is 0.267. The molecule has 0 unspecified atom stereocenters. The molecule has 1 saturated heterocycles. The summed E-state index contributed by atoms with van der Waals surface area (Å²) in [5.41, 5.74) is 1.56. The van der Waals surface area contributed by atoms with E-state index in [0.717, 1.165) is 18.7 Å². The van der Waals surface area contributed by atoms with E-state index < -0.39 is 0 Å². The first-order valence-electron chi connectivity index (χ1n) is 6.50. The second kappa shape index (κ2) is 5.17. The number of likely N-dealkylation sites (tertiary alicyclic amines) is 1. The van der Waals surface area contributed by atoms with Crippen molar-refractivity contribution in [3.8, 4) is 6.07 Å². The predicted octanol–water partition coefficient (Wildman–Crippen LogP) is 1.38. The van der Waals surface area contributed by atoms with E-state index in [-0.39, 0.29) is 5.91 Å². The summed E-state index contributed by atoms with van der Waals surface area (Å²) >= 11 is 0. The molecule has 1 aliphatic rings. The maximum absolute atomic E-state index is 12.1. The summed E-state index contributed by atoms with van der Waals surface area (Å²) in [6, 6.07) is 9.58. The fourth-order valence-electron chi connectivity index (χ4n) is 2.32. The molecule has 0 radical (unpaired) electrons. The second-order valence-electron chi connectivity index (χ2n) is 4.95. The molecule has 0 saturated carbocycles. The van der Waals surface area contributed by atoms with Crippen LogP contribution in [0.3, 0.4) is 0 Å². The summed E-state index contributed by atoms with van der Waals surface area (Å²) in [7, 11) is 0. The highest BCUT2D eigenvalue weighted by atomic mass is 16.2. The third-order valence-electron chi connectivity index (χ3n) is 3.60. The highest BCUT2D eigenvalue weighted by Crippen LogP contribution is 2.21. The summed E-state index contributed by atoms with van der Waals surface area (Å²) in [4.78, 5) is 18.0. The van der Waals surface area contributed by atoms with Gasteiger partial charge in [-0.1, -0.05) is 12.1 Å². The van der Waals surface area contributed by atoms with Crippen LogP contribution in [0.5, 0.6) is 0 Å². The lowest BCUT2D eigenvalue weighted by atomic mass is 10.1. The number of hydrogen-bond donors (Lipinski definition) is 0. The van der Waals surface area contributed by atoms with Gasteiger partial charge in [0.1, 0.15) is 0 Å². The molecule has 100 valence electrons. The van der Waals surface area contributed by atoms with Crippen molar-refractivity contribution < 1.29 is 4.79 Å². The Kier molecular flexibility index (Phi) is 3.21. The van der Waals surface area contributed by atoms with Crippen molar-refractivity contribution in [1.82, 2.24) is 14.5 Å². The Balaban J connectivity index is 1.54. The molecular weight excluding hydrogens is 252 g/mol. The zero-order valence-electron chi connectivity index (χ0n) is 10.9. The van der Waals surface area contributed by atoms with Gasteiger partial charge in [-0.2, -0.15) is 5.26 Å². The van der Waals surface area contributed by atoms with Crippen LogP contribution in [0.2, 0.25) is 0 Å². The van der Waals surface area contributed by atoms with Crippen LogP contribution < -0.4 is 0 Å². The standard InChI is InChI=1S/C15H14N4O/c16-8-13-3-1-12(2-4-13)7-15(20)19-9-14(10-19)18-6-5-17-11-18/h1-6,11,14H,7,9-10H2. The highest BCUT2D eigenvalue weighted by Gasteiger charge is 2.31. The van der Waals surface area contributed by atoms with Gasteiger partial charge < -0.3 is 9.47 Å². The molecule has 0 aliphatic carbocycles. The largest absolute Gasteiger partial charge is 0.338 e. The van der Waals surface area contributed by atoms with Gasteiger partial charge in [-0.15, -0.1) is 0 Å². The SMILES string of the molecule is N#Cc1ccc(CC(=O)N2CC(n3ccnc3)C2)cc1. The van der Waals surface area contributed by atoms with Crippen LogP contribution in [0.1, 0.15) is 17.2 Å². The number of nitrogens with zero attached hydrogens (tertiary/aromatic N) is 4. The molecule has 20 heavy (non-hydrogen) atoms. The smallest absolute Gasteiger partial charge is 0.227 e. The first kappa shape index (κ1) is 12.4. The van der Waals surface area contributed by atoms with Gasteiger partial charge in [0.15, 0.2) is 0 Å². The number of carbonyl (C=O) groups excluding carboxylic acids is 1. The maximum Gasteiger partial charge on any atom is 0.227 e.